The van der Waals surface area contributed by atoms with Crippen molar-refractivity contribution >= 4 is 16.8 Å². The Balaban J connectivity index is 1.67. The summed E-state index contributed by atoms with van der Waals surface area (Å²) in [7, 11) is 6.26. The molecule has 1 aliphatic rings. The first-order valence-corrected chi connectivity index (χ1v) is 9.03. The van der Waals surface area contributed by atoms with Crippen LogP contribution in [0.4, 0.5) is 0 Å². The number of aryl methyl sites for hydroxylation is 2. The number of likely N-dealkylation sites (tertiary alicyclic amines) is 1. The molecule has 0 saturated carbocycles. The topological polar surface area (TPSA) is 28.5 Å². The summed E-state index contributed by atoms with van der Waals surface area (Å²) >= 11 is 0. The highest BCUT2D eigenvalue weighted by Gasteiger charge is 2.26. The van der Waals surface area contributed by atoms with Gasteiger partial charge in [-0.15, -0.1) is 0 Å². The highest BCUT2D eigenvalue weighted by molar-refractivity contribution is 5.85. The number of hydrogen-bond donors (Lipinski definition) is 0. The maximum atomic E-state index is 12.8. The molecule has 1 fully saturated rings. The van der Waals surface area contributed by atoms with Crippen molar-refractivity contribution < 1.29 is 4.79 Å². The Labute approximate surface area is 145 Å². The SMILES string of the molecule is CN(C)CC1CCCCN1C(=O)CCc1cn(C)c2ccccc12. The van der Waals surface area contributed by atoms with E-state index in [4.69, 9.17) is 0 Å². The lowest BCUT2D eigenvalue weighted by Gasteiger charge is -2.37. The second-order valence-electron chi connectivity index (χ2n) is 7.28. The summed E-state index contributed by atoms with van der Waals surface area (Å²) in [5, 5.41) is 1.27. The van der Waals surface area contributed by atoms with Gasteiger partial charge in [0.2, 0.25) is 5.91 Å². The van der Waals surface area contributed by atoms with E-state index in [1.54, 1.807) is 0 Å². The lowest BCUT2D eigenvalue weighted by molar-refractivity contribution is -0.135. The van der Waals surface area contributed by atoms with Crippen LogP contribution in [0, 0.1) is 0 Å². The molecule has 4 nitrogen and oxygen atoms in total. The van der Waals surface area contributed by atoms with Gasteiger partial charge in [0, 0.05) is 49.7 Å². The first-order valence-electron chi connectivity index (χ1n) is 9.03. The predicted molar refractivity (Wildman–Crippen MR) is 99.1 cm³/mol. The van der Waals surface area contributed by atoms with E-state index in [2.05, 4.69) is 66.0 Å². The first-order chi connectivity index (χ1) is 11.6. The Morgan fingerprint density at radius 2 is 2.04 bits per heavy atom. The summed E-state index contributed by atoms with van der Waals surface area (Å²) in [5.74, 6) is 0.314. The monoisotopic (exact) mass is 327 g/mol. The summed E-state index contributed by atoms with van der Waals surface area (Å²) in [6, 6.07) is 8.82. The fraction of sp³-hybridized carbons (Fsp3) is 0.550. The zero-order chi connectivity index (χ0) is 17.1. The van der Waals surface area contributed by atoms with Gasteiger partial charge in [-0.25, -0.2) is 0 Å². The Bertz CT molecular complexity index is 704. The van der Waals surface area contributed by atoms with E-state index in [1.165, 1.54) is 22.9 Å². The van der Waals surface area contributed by atoms with Crippen molar-refractivity contribution in [3.05, 3.63) is 36.0 Å². The third kappa shape index (κ3) is 3.64. The smallest absolute Gasteiger partial charge is 0.223 e. The van der Waals surface area contributed by atoms with Gasteiger partial charge in [-0.1, -0.05) is 18.2 Å². The minimum Gasteiger partial charge on any atom is -0.350 e. The number of nitrogens with zero attached hydrogens (tertiary/aromatic N) is 3. The summed E-state index contributed by atoms with van der Waals surface area (Å²) < 4.78 is 2.16. The average molecular weight is 327 g/mol. The predicted octanol–water partition coefficient (Wildman–Crippen LogP) is 3.05. The molecule has 4 heteroatoms. The molecule has 1 amide bonds. The van der Waals surface area contributed by atoms with Crippen molar-refractivity contribution in [3.8, 4) is 0 Å². The molecule has 2 heterocycles. The van der Waals surface area contributed by atoms with E-state index in [0.717, 1.165) is 32.4 Å². The molecule has 1 saturated heterocycles. The van der Waals surface area contributed by atoms with E-state index in [9.17, 15) is 4.79 Å². The number of aromatic nitrogens is 1. The van der Waals surface area contributed by atoms with Crippen molar-refractivity contribution in [3.63, 3.8) is 0 Å². The first kappa shape index (κ1) is 17.0. The Morgan fingerprint density at radius 3 is 2.83 bits per heavy atom. The summed E-state index contributed by atoms with van der Waals surface area (Å²) in [4.78, 5) is 17.1. The highest BCUT2D eigenvalue weighted by Crippen LogP contribution is 2.23. The third-order valence-corrected chi connectivity index (χ3v) is 5.11. The van der Waals surface area contributed by atoms with Crippen LogP contribution in [0.1, 0.15) is 31.2 Å². The highest BCUT2D eigenvalue weighted by atomic mass is 16.2. The van der Waals surface area contributed by atoms with Gasteiger partial charge < -0.3 is 14.4 Å². The van der Waals surface area contributed by atoms with Crippen molar-refractivity contribution in [2.75, 3.05) is 27.2 Å². The minimum absolute atomic E-state index is 0.314. The van der Waals surface area contributed by atoms with E-state index < -0.39 is 0 Å². The fourth-order valence-electron chi connectivity index (χ4n) is 3.95. The van der Waals surface area contributed by atoms with Crippen LogP contribution in [0.25, 0.3) is 10.9 Å². The van der Waals surface area contributed by atoms with Crippen LogP contribution >= 0.6 is 0 Å². The molecule has 24 heavy (non-hydrogen) atoms. The zero-order valence-electron chi connectivity index (χ0n) is 15.2. The number of piperidine rings is 1. The van der Waals surface area contributed by atoms with E-state index in [1.807, 2.05) is 0 Å². The molecule has 0 radical (unpaired) electrons. The normalized spacial score (nSPS) is 18.5. The van der Waals surface area contributed by atoms with Gasteiger partial charge in [0.1, 0.15) is 0 Å². The van der Waals surface area contributed by atoms with Crippen LogP contribution in [-0.2, 0) is 18.3 Å². The molecular weight excluding hydrogens is 298 g/mol. The van der Waals surface area contributed by atoms with Gasteiger partial charge in [0.25, 0.3) is 0 Å². The molecular formula is C20H29N3O. The van der Waals surface area contributed by atoms with Crippen molar-refractivity contribution in [1.29, 1.82) is 0 Å². The molecule has 130 valence electrons. The summed E-state index contributed by atoms with van der Waals surface area (Å²) in [5.41, 5.74) is 2.52. The van der Waals surface area contributed by atoms with E-state index in [0.29, 0.717) is 18.4 Å². The number of carbonyl (C=O) groups is 1. The summed E-state index contributed by atoms with van der Waals surface area (Å²) in [6.07, 6.45) is 7.13. The molecule has 0 spiro atoms. The number of para-hydroxylation sites is 1. The molecule has 1 atom stereocenters. The maximum absolute atomic E-state index is 12.8. The largest absolute Gasteiger partial charge is 0.350 e. The van der Waals surface area contributed by atoms with Crippen LogP contribution in [0.15, 0.2) is 30.5 Å². The van der Waals surface area contributed by atoms with Gasteiger partial charge >= 0.3 is 0 Å². The van der Waals surface area contributed by atoms with Crippen LogP contribution in [0.5, 0.6) is 0 Å². The standard InChI is InChI=1S/C20H29N3O/c1-21(2)15-17-8-6-7-13-23(17)20(24)12-11-16-14-22(3)19-10-5-4-9-18(16)19/h4-5,9-10,14,17H,6-8,11-13,15H2,1-3H3. The van der Waals surface area contributed by atoms with Gasteiger partial charge in [0.05, 0.1) is 0 Å². The Hall–Kier alpha value is -1.81. The molecule has 0 bridgehead atoms. The van der Waals surface area contributed by atoms with Crippen molar-refractivity contribution in [2.45, 2.75) is 38.1 Å². The van der Waals surface area contributed by atoms with Gasteiger partial charge in [0.15, 0.2) is 0 Å². The number of hydrogen-bond acceptors (Lipinski definition) is 2. The number of benzene rings is 1. The lowest BCUT2D eigenvalue weighted by atomic mass is 10.00. The molecule has 1 unspecified atom stereocenters. The molecule has 1 aromatic carbocycles. The van der Waals surface area contributed by atoms with Gasteiger partial charge in [-0.3, -0.25) is 4.79 Å². The van der Waals surface area contributed by atoms with Crippen LogP contribution in [0.2, 0.25) is 0 Å². The number of amides is 1. The van der Waals surface area contributed by atoms with Crippen LogP contribution in [0.3, 0.4) is 0 Å². The quantitative estimate of drug-likeness (QED) is 0.844. The number of rotatable bonds is 5. The molecule has 0 aliphatic carbocycles. The molecule has 2 aromatic rings. The number of likely N-dealkylation sites (N-methyl/N-ethyl adjacent to an activating group) is 1. The van der Waals surface area contributed by atoms with Crippen LogP contribution in [-0.4, -0.2) is 53.5 Å². The molecule has 3 rings (SSSR count). The van der Waals surface area contributed by atoms with Gasteiger partial charge in [-0.05, 0) is 51.4 Å². The fourth-order valence-corrected chi connectivity index (χ4v) is 3.95. The minimum atomic E-state index is 0.314. The number of fused-ring (bicyclic) bond motifs is 1. The van der Waals surface area contributed by atoms with E-state index >= 15 is 0 Å². The molecule has 1 aromatic heterocycles. The lowest BCUT2D eigenvalue weighted by Crippen LogP contribution is -2.48. The van der Waals surface area contributed by atoms with Crippen LogP contribution < -0.4 is 0 Å². The summed E-state index contributed by atoms with van der Waals surface area (Å²) in [6.45, 7) is 1.90. The molecule has 1 aliphatic heterocycles. The average Bonchev–Trinajstić information content (AvgIpc) is 2.89. The maximum Gasteiger partial charge on any atom is 0.223 e. The van der Waals surface area contributed by atoms with E-state index in [-0.39, 0.29) is 0 Å². The zero-order valence-corrected chi connectivity index (χ0v) is 15.2. The van der Waals surface area contributed by atoms with Crippen molar-refractivity contribution in [2.24, 2.45) is 7.05 Å². The Morgan fingerprint density at radius 1 is 1.25 bits per heavy atom. The van der Waals surface area contributed by atoms with Gasteiger partial charge in [-0.2, -0.15) is 0 Å². The second-order valence-corrected chi connectivity index (χ2v) is 7.28. The van der Waals surface area contributed by atoms with Crippen molar-refractivity contribution in [1.82, 2.24) is 14.4 Å². The second kappa shape index (κ2) is 7.39. The third-order valence-electron chi connectivity index (χ3n) is 5.11. The Kier molecular flexibility index (Phi) is 5.24. The molecule has 0 N–H and O–H groups in total. The number of carbonyl (C=O) groups excluding carboxylic acids is 1.